The van der Waals surface area contributed by atoms with Crippen molar-refractivity contribution in [3.8, 4) is 0 Å². The molecule has 0 aromatic rings. The summed E-state index contributed by atoms with van der Waals surface area (Å²) in [5.41, 5.74) is -0.717. The highest BCUT2D eigenvalue weighted by Gasteiger charge is 2.35. The monoisotopic (exact) mass is 448 g/mol. The SMILES string of the molecule is CC(=O)[C@H](CSC(=O)C(C)C)CC(=O)C(C)(C)SC(=O)OCOC(=O)C(C)(C)C. The van der Waals surface area contributed by atoms with Crippen molar-refractivity contribution in [2.45, 2.75) is 66.6 Å². The number of esters is 1. The summed E-state index contributed by atoms with van der Waals surface area (Å²) in [7, 11) is 0. The summed E-state index contributed by atoms with van der Waals surface area (Å²) < 4.78 is 8.59. The van der Waals surface area contributed by atoms with Gasteiger partial charge in [0.1, 0.15) is 11.6 Å². The van der Waals surface area contributed by atoms with Gasteiger partial charge in [-0.15, -0.1) is 0 Å². The Morgan fingerprint density at radius 2 is 1.48 bits per heavy atom. The van der Waals surface area contributed by atoms with E-state index in [1.807, 2.05) is 0 Å². The van der Waals surface area contributed by atoms with Crippen molar-refractivity contribution in [3.63, 3.8) is 0 Å². The number of carbonyl (C=O) groups excluding carboxylic acids is 5. The van der Waals surface area contributed by atoms with Crippen molar-refractivity contribution in [2.24, 2.45) is 17.3 Å². The maximum atomic E-state index is 12.6. The first-order valence-corrected chi connectivity index (χ1v) is 11.1. The van der Waals surface area contributed by atoms with Crippen LogP contribution in [-0.2, 0) is 28.7 Å². The Bertz CT molecular complexity index is 633. The molecule has 0 aromatic heterocycles. The molecule has 0 saturated heterocycles. The Labute approximate surface area is 181 Å². The fourth-order valence-corrected chi connectivity index (χ4v) is 3.55. The third-order valence-electron chi connectivity index (χ3n) is 3.89. The minimum atomic E-state index is -1.13. The number of carbonyl (C=O) groups is 5. The molecule has 0 aliphatic rings. The van der Waals surface area contributed by atoms with Crippen molar-refractivity contribution >= 4 is 51.5 Å². The van der Waals surface area contributed by atoms with Gasteiger partial charge >= 0.3 is 11.3 Å². The summed E-state index contributed by atoms with van der Waals surface area (Å²) in [6.45, 7) is 12.5. The Morgan fingerprint density at radius 3 is 1.93 bits per heavy atom. The highest BCUT2D eigenvalue weighted by molar-refractivity contribution is 8.15. The molecule has 9 heteroatoms. The maximum Gasteiger partial charge on any atom is 0.371 e. The summed E-state index contributed by atoms with van der Waals surface area (Å²) >= 11 is 1.71. The number of Topliss-reactive ketones (excluding diaryl/α,β-unsaturated/α-hetero) is 2. The van der Waals surface area contributed by atoms with Crippen LogP contribution in [0.2, 0.25) is 0 Å². The molecule has 0 saturated carbocycles. The molecule has 0 aromatic carbocycles. The second kappa shape index (κ2) is 11.7. The summed E-state index contributed by atoms with van der Waals surface area (Å²) in [4.78, 5) is 59.9. The predicted octanol–water partition coefficient (Wildman–Crippen LogP) is 4.26. The third-order valence-corrected chi connectivity index (χ3v) is 6.24. The first kappa shape index (κ1) is 27.6. The molecule has 0 rings (SSSR count). The molecular weight excluding hydrogens is 416 g/mol. The summed E-state index contributed by atoms with van der Waals surface area (Å²) in [5, 5.41) is -0.792. The van der Waals surface area contributed by atoms with Gasteiger partial charge in [0, 0.05) is 24.0 Å². The van der Waals surface area contributed by atoms with Gasteiger partial charge in [-0.05, 0) is 53.3 Å². The number of rotatable bonds is 10. The fourth-order valence-electron chi connectivity index (χ4n) is 1.78. The molecule has 0 aliphatic carbocycles. The Hall–Kier alpha value is -1.35. The normalized spacial score (nSPS) is 13.0. The fraction of sp³-hybridized carbons (Fsp3) is 0.750. The standard InChI is InChI=1S/C20H32O7S2/c1-12(2)16(23)28-10-14(13(3)21)9-15(22)20(7,8)29-18(25)27-11-26-17(24)19(4,5)6/h12,14H,9-11H2,1-8H3/t14-/m0/s1. The smallest absolute Gasteiger partial charge is 0.371 e. The molecule has 0 fully saturated rings. The lowest BCUT2D eigenvalue weighted by Gasteiger charge is -2.23. The van der Waals surface area contributed by atoms with Crippen LogP contribution in [-0.4, -0.2) is 45.2 Å². The van der Waals surface area contributed by atoms with Crippen LogP contribution >= 0.6 is 23.5 Å². The second-order valence-electron chi connectivity index (χ2n) is 8.53. The number of hydrogen-bond donors (Lipinski definition) is 0. The molecule has 0 N–H and O–H groups in total. The van der Waals surface area contributed by atoms with Crippen LogP contribution in [0.15, 0.2) is 0 Å². The van der Waals surface area contributed by atoms with E-state index in [0.717, 1.165) is 11.8 Å². The molecular formula is C20H32O7S2. The van der Waals surface area contributed by atoms with Gasteiger partial charge in [0.2, 0.25) is 6.79 Å². The number of ketones is 2. The van der Waals surface area contributed by atoms with Gasteiger partial charge in [-0.1, -0.05) is 25.6 Å². The molecule has 29 heavy (non-hydrogen) atoms. The van der Waals surface area contributed by atoms with E-state index in [1.54, 1.807) is 48.5 Å². The van der Waals surface area contributed by atoms with Gasteiger partial charge in [0.15, 0.2) is 5.12 Å². The van der Waals surface area contributed by atoms with Crippen LogP contribution in [0.5, 0.6) is 0 Å². The molecule has 166 valence electrons. The van der Waals surface area contributed by atoms with Gasteiger partial charge < -0.3 is 9.47 Å². The minimum Gasteiger partial charge on any atom is -0.427 e. The van der Waals surface area contributed by atoms with Crippen molar-refractivity contribution < 1.29 is 33.4 Å². The molecule has 0 radical (unpaired) electrons. The molecule has 0 aliphatic heterocycles. The number of hydrogen-bond acceptors (Lipinski definition) is 9. The zero-order valence-electron chi connectivity index (χ0n) is 18.5. The molecule has 0 amide bonds. The number of thioether (sulfide) groups is 2. The predicted molar refractivity (Wildman–Crippen MR) is 115 cm³/mol. The largest absolute Gasteiger partial charge is 0.427 e. The van der Waals surface area contributed by atoms with E-state index in [0.29, 0.717) is 11.8 Å². The first-order valence-electron chi connectivity index (χ1n) is 9.31. The van der Waals surface area contributed by atoms with Crippen LogP contribution in [0, 0.1) is 17.3 Å². The summed E-state index contributed by atoms with van der Waals surface area (Å²) in [6.07, 6.45) is -0.0694. The lowest BCUT2D eigenvalue weighted by Crippen LogP contribution is -2.33. The van der Waals surface area contributed by atoms with Gasteiger partial charge in [0.05, 0.1) is 10.2 Å². The van der Waals surface area contributed by atoms with E-state index in [1.165, 1.54) is 6.92 Å². The Kier molecular flexibility index (Phi) is 11.2. The van der Waals surface area contributed by atoms with Gasteiger partial charge in [-0.2, -0.15) is 0 Å². The van der Waals surface area contributed by atoms with Crippen LogP contribution in [0.4, 0.5) is 4.79 Å². The van der Waals surface area contributed by atoms with Crippen LogP contribution in [0.3, 0.4) is 0 Å². The van der Waals surface area contributed by atoms with E-state index in [9.17, 15) is 24.0 Å². The lowest BCUT2D eigenvalue weighted by atomic mass is 9.94. The van der Waals surface area contributed by atoms with E-state index >= 15 is 0 Å². The van der Waals surface area contributed by atoms with Gasteiger partial charge in [-0.25, -0.2) is 4.79 Å². The van der Waals surface area contributed by atoms with Crippen molar-refractivity contribution in [2.75, 3.05) is 12.5 Å². The number of ether oxygens (including phenoxy) is 2. The van der Waals surface area contributed by atoms with Crippen LogP contribution in [0.1, 0.15) is 61.8 Å². The maximum absolute atomic E-state index is 12.6. The van der Waals surface area contributed by atoms with Crippen molar-refractivity contribution in [3.05, 3.63) is 0 Å². The van der Waals surface area contributed by atoms with Crippen molar-refractivity contribution in [1.29, 1.82) is 0 Å². The average molecular weight is 449 g/mol. The molecule has 0 bridgehead atoms. The van der Waals surface area contributed by atoms with E-state index in [4.69, 9.17) is 9.47 Å². The summed E-state index contributed by atoms with van der Waals surface area (Å²) in [6, 6.07) is 0. The Morgan fingerprint density at radius 1 is 0.931 bits per heavy atom. The molecule has 0 spiro atoms. The molecule has 0 unspecified atom stereocenters. The first-order chi connectivity index (χ1) is 13.1. The second-order valence-corrected chi connectivity index (χ2v) is 11.1. The zero-order chi connectivity index (χ0) is 23.0. The van der Waals surface area contributed by atoms with Crippen molar-refractivity contribution in [1.82, 2.24) is 0 Å². The summed E-state index contributed by atoms with van der Waals surface area (Å²) in [5.74, 6) is -1.52. The quantitative estimate of drug-likeness (QED) is 0.358. The van der Waals surface area contributed by atoms with Gasteiger partial charge in [-0.3, -0.25) is 19.2 Å². The molecule has 1 atom stereocenters. The highest BCUT2D eigenvalue weighted by Crippen LogP contribution is 2.31. The highest BCUT2D eigenvalue weighted by atomic mass is 32.2. The van der Waals surface area contributed by atoms with E-state index in [-0.39, 0.29) is 34.8 Å². The van der Waals surface area contributed by atoms with Crippen LogP contribution < -0.4 is 0 Å². The zero-order valence-corrected chi connectivity index (χ0v) is 20.1. The van der Waals surface area contributed by atoms with Gasteiger partial charge in [0.25, 0.3) is 0 Å². The molecule has 0 heterocycles. The Balaban J connectivity index is 4.70. The lowest BCUT2D eigenvalue weighted by molar-refractivity contribution is -0.160. The van der Waals surface area contributed by atoms with E-state index in [2.05, 4.69) is 0 Å². The van der Waals surface area contributed by atoms with Crippen LogP contribution in [0.25, 0.3) is 0 Å². The average Bonchev–Trinajstić information content (AvgIpc) is 2.55. The molecule has 7 nitrogen and oxygen atoms in total. The minimum absolute atomic E-state index is 0.0364. The topological polar surface area (TPSA) is 104 Å². The van der Waals surface area contributed by atoms with E-state index < -0.39 is 34.1 Å². The third kappa shape index (κ3) is 10.8.